The van der Waals surface area contributed by atoms with Crippen LogP contribution in [-0.4, -0.2) is 17.0 Å². The first-order chi connectivity index (χ1) is 7.09. The SMILES string of the molecule is NC(=O)NNC(=O)Cc1ccccc1O. The van der Waals surface area contributed by atoms with Gasteiger partial charge in [0, 0.05) is 5.56 Å². The van der Waals surface area contributed by atoms with Crippen molar-refractivity contribution < 1.29 is 14.7 Å². The first-order valence-corrected chi connectivity index (χ1v) is 4.20. The van der Waals surface area contributed by atoms with E-state index in [1.165, 1.54) is 6.07 Å². The molecule has 0 aliphatic carbocycles. The molecule has 0 aliphatic rings. The number of urea groups is 1. The van der Waals surface area contributed by atoms with Crippen LogP contribution >= 0.6 is 0 Å². The Hall–Kier alpha value is -2.24. The summed E-state index contributed by atoms with van der Waals surface area (Å²) in [5.74, 6) is -0.429. The van der Waals surface area contributed by atoms with Crippen LogP contribution in [0.5, 0.6) is 5.75 Å². The summed E-state index contributed by atoms with van der Waals surface area (Å²) in [5.41, 5.74) is 9.25. The van der Waals surface area contributed by atoms with Crippen molar-refractivity contribution in [3.63, 3.8) is 0 Å². The fourth-order valence-electron chi connectivity index (χ4n) is 1.01. The Morgan fingerprint density at radius 3 is 2.53 bits per heavy atom. The fraction of sp³-hybridized carbons (Fsp3) is 0.111. The highest BCUT2D eigenvalue weighted by Gasteiger charge is 2.06. The fourth-order valence-corrected chi connectivity index (χ4v) is 1.01. The molecule has 0 saturated heterocycles. The summed E-state index contributed by atoms with van der Waals surface area (Å²) in [4.78, 5) is 21.4. The third-order valence-corrected chi connectivity index (χ3v) is 1.67. The van der Waals surface area contributed by atoms with Crippen LogP contribution < -0.4 is 16.6 Å². The van der Waals surface area contributed by atoms with Gasteiger partial charge in [-0.25, -0.2) is 10.2 Å². The first kappa shape index (κ1) is 10.8. The number of phenols is 1. The largest absolute Gasteiger partial charge is 0.508 e. The number of carbonyl (C=O) groups is 2. The average Bonchev–Trinajstić information content (AvgIpc) is 2.18. The van der Waals surface area contributed by atoms with Crippen molar-refractivity contribution in [3.05, 3.63) is 29.8 Å². The van der Waals surface area contributed by atoms with E-state index in [1.807, 2.05) is 5.43 Å². The number of phenolic OH excluding ortho intramolecular Hbond substituents is 1. The maximum absolute atomic E-state index is 11.2. The minimum Gasteiger partial charge on any atom is -0.508 e. The summed E-state index contributed by atoms with van der Waals surface area (Å²) in [7, 11) is 0. The van der Waals surface area contributed by atoms with Gasteiger partial charge in [0.1, 0.15) is 5.75 Å². The summed E-state index contributed by atoms with van der Waals surface area (Å²) in [6.07, 6.45) is -0.0348. The summed E-state index contributed by atoms with van der Waals surface area (Å²) < 4.78 is 0. The van der Waals surface area contributed by atoms with Crippen molar-refractivity contribution in [1.82, 2.24) is 10.9 Å². The molecule has 1 rings (SSSR count). The van der Waals surface area contributed by atoms with E-state index < -0.39 is 11.9 Å². The standard InChI is InChI=1S/C9H11N3O3/c10-9(15)12-11-8(14)5-6-3-1-2-4-7(6)13/h1-4,13H,5H2,(H,11,14)(H3,10,12,15). The maximum Gasteiger partial charge on any atom is 0.330 e. The minimum atomic E-state index is -0.847. The molecular formula is C9H11N3O3. The molecule has 0 radical (unpaired) electrons. The normalized spacial score (nSPS) is 9.33. The lowest BCUT2D eigenvalue weighted by atomic mass is 10.1. The lowest BCUT2D eigenvalue weighted by Crippen LogP contribution is -2.45. The molecule has 0 aliphatic heterocycles. The van der Waals surface area contributed by atoms with Crippen molar-refractivity contribution in [2.24, 2.45) is 5.73 Å². The second-order valence-corrected chi connectivity index (χ2v) is 2.84. The molecule has 0 bridgehead atoms. The second kappa shape index (κ2) is 4.85. The van der Waals surface area contributed by atoms with E-state index in [2.05, 4.69) is 5.43 Å². The number of aromatic hydroxyl groups is 1. The monoisotopic (exact) mass is 209 g/mol. The van der Waals surface area contributed by atoms with Gasteiger partial charge in [0.15, 0.2) is 0 Å². The van der Waals surface area contributed by atoms with Crippen LogP contribution in [0.1, 0.15) is 5.56 Å². The molecule has 6 nitrogen and oxygen atoms in total. The van der Waals surface area contributed by atoms with Crippen LogP contribution in [0.2, 0.25) is 0 Å². The van der Waals surface area contributed by atoms with Crippen molar-refractivity contribution in [2.75, 3.05) is 0 Å². The highest BCUT2D eigenvalue weighted by molar-refractivity contribution is 5.82. The number of hydrogen-bond donors (Lipinski definition) is 4. The average molecular weight is 209 g/mol. The summed E-state index contributed by atoms with van der Waals surface area (Å²) in [6.45, 7) is 0. The van der Waals surface area contributed by atoms with Gasteiger partial charge in [-0.05, 0) is 6.07 Å². The molecule has 0 saturated carbocycles. The number of benzene rings is 1. The number of hydrazine groups is 1. The predicted octanol–water partition coefficient (Wildman–Crippen LogP) is -0.366. The van der Waals surface area contributed by atoms with E-state index in [9.17, 15) is 14.7 Å². The molecule has 0 fully saturated rings. The van der Waals surface area contributed by atoms with Crippen molar-refractivity contribution in [3.8, 4) is 5.75 Å². The van der Waals surface area contributed by atoms with Gasteiger partial charge >= 0.3 is 6.03 Å². The van der Waals surface area contributed by atoms with E-state index in [0.717, 1.165) is 0 Å². The van der Waals surface area contributed by atoms with Crippen LogP contribution in [0.3, 0.4) is 0 Å². The van der Waals surface area contributed by atoms with Crippen molar-refractivity contribution in [2.45, 2.75) is 6.42 Å². The summed E-state index contributed by atoms with van der Waals surface area (Å²) in [5, 5.41) is 9.34. The van der Waals surface area contributed by atoms with E-state index in [4.69, 9.17) is 5.73 Å². The molecule has 0 heterocycles. The Bertz CT molecular complexity index is 379. The number of para-hydroxylation sites is 1. The summed E-state index contributed by atoms with van der Waals surface area (Å²) >= 11 is 0. The minimum absolute atomic E-state index is 0.0340. The highest BCUT2D eigenvalue weighted by atomic mass is 16.3. The van der Waals surface area contributed by atoms with E-state index in [1.54, 1.807) is 18.2 Å². The Morgan fingerprint density at radius 2 is 1.93 bits per heavy atom. The third kappa shape index (κ3) is 3.55. The predicted molar refractivity (Wildman–Crippen MR) is 52.7 cm³/mol. The van der Waals surface area contributed by atoms with Gasteiger partial charge in [0.25, 0.3) is 0 Å². The summed E-state index contributed by atoms with van der Waals surface area (Å²) in [6, 6.07) is 5.59. The second-order valence-electron chi connectivity index (χ2n) is 2.84. The lowest BCUT2D eigenvalue weighted by Gasteiger charge is -2.05. The van der Waals surface area contributed by atoms with Gasteiger partial charge in [-0.1, -0.05) is 18.2 Å². The van der Waals surface area contributed by atoms with E-state index in [-0.39, 0.29) is 12.2 Å². The highest BCUT2D eigenvalue weighted by Crippen LogP contribution is 2.15. The number of amides is 3. The Morgan fingerprint density at radius 1 is 1.27 bits per heavy atom. The molecule has 0 unspecified atom stereocenters. The molecule has 0 atom stereocenters. The van der Waals surface area contributed by atoms with Crippen LogP contribution in [0.15, 0.2) is 24.3 Å². The third-order valence-electron chi connectivity index (χ3n) is 1.67. The molecule has 15 heavy (non-hydrogen) atoms. The number of carbonyl (C=O) groups excluding carboxylic acids is 2. The van der Waals surface area contributed by atoms with Gasteiger partial charge in [-0.3, -0.25) is 10.2 Å². The lowest BCUT2D eigenvalue weighted by molar-refractivity contribution is -0.121. The number of nitrogens with two attached hydrogens (primary N) is 1. The molecule has 3 amide bonds. The Balaban J connectivity index is 2.52. The Labute approximate surface area is 86.1 Å². The van der Waals surface area contributed by atoms with E-state index in [0.29, 0.717) is 5.56 Å². The molecule has 0 aromatic heterocycles. The van der Waals surface area contributed by atoms with E-state index >= 15 is 0 Å². The van der Waals surface area contributed by atoms with Crippen molar-refractivity contribution in [1.29, 1.82) is 0 Å². The maximum atomic E-state index is 11.2. The Kier molecular flexibility index (Phi) is 3.50. The molecule has 0 spiro atoms. The van der Waals surface area contributed by atoms with Gasteiger partial charge in [0.2, 0.25) is 5.91 Å². The number of primary amides is 1. The quantitative estimate of drug-likeness (QED) is 0.499. The zero-order valence-corrected chi connectivity index (χ0v) is 7.86. The zero-order valence-electron chi connectivity index (χ0n) is 7.86. The topological polar surface area (TPSA) is 104 Å². The molecule has 1 aromatic carbocycles. The molecule has 5 N–H and O–H groups in total. The van der Waals surface area contributed by atoms with Gasteiger partial charge in [0.05, 0.1) is 6.42 Å². The molecule has 6 heteroatoms. The molecule has 80 valence electrons. The van der Waals surface area contributed by atoms with Crippen molar-refractivity contribution >= 4 is 11.9 Å². The van der Waals surface area contributed by atoms with Crippen LogP contribution in [-0.2, 0) is 11.2 Å². The van der Waals surface area contributed by atoms with Gasteiger partial charge < -0.3 is 10.8 Å². The number of nitrogens with one attached hydrogen (secondary N) is 2. The molecular weight excluding hydrogens is 198 g/mol. The van der Waals surface area contributed by atoms with Crippen LogP contribution in [0.4, 0.5) is 4.79 Å². The van der Waals surface area contributed by atoms with Gasteiger partial charge in [-0.2, -0.15) is 0 Å². The smallest absolute Gasteiger partial charge is 0.330 e. The number of hydrogen-bond acceptors (Lipinski definition) is 3. The van der Waals surface area contributed by atoms with Crippen LogP contribution in [0, 0.1) is 0 Å². The first-order valence-electron chi connectivity index (χ1n) is 4.20. The van der Waals surface area contributed by atoms with Gasteiger partial charge in [-0.15, -0.1) is 0 Å². The van der Waals surface area contributed by atoms with Crippen LogP contribution in [0.25, 0.3) is 0 Å². The number of rotatable bonds is 2. The zero-order chi connectivity index (χ0) is 11.3. The molecule has 1 aromatic rings.